The molecule has 2 N–H and O–H groups in total. The van der Waals surface area contributed by atoms with Crippen molar-refractivity contribution in [1.29, 1.82) is 0 Å². The summed E-state index contributed by atoms with van der Waals surface area (Å²) in [6.45, 7) is 5.66. The van der Waals surface area contributed by atoms with Crippen molar-refractivity contribution in [3.05, 3.63) is 77.7 Å². The number of oxazole rings is 1. The van der Waals surface area contributed by atoms with Gasteiger partial charge in [0, 0.05) is 19.2 Å². The number of nitrogens with one attached hydrogen (secondary N) is 2. The van der Waals surface area contributed by atoms with Gasteiger partial charge < -0.3 is 15.1 Å². The predicted octanol–water partition coefficient (Wildman–Crippen LogP) is 4.12. The van der Waals surface area contributed by atoms with Gasteiger partial charge in [-0.1, -0.05) is 55.0 Å². The molecule has 0 aliphatic carbocycles. The Kier molecular flexibility index (Phi) is 6.26. The molecule has 5 nitrogen and oxygen atoms in total. The van der Waals surface area contributed by atoms with Crippen LogP contribution in [0.5, 0.6) is 0 Å². The number of aryl methyl sites for hydroxylation is 1. The van der Waals surface area contributed by atoms with Gasteiger partial charge in [-0.25, -0.2) is 4.98 Å². The van der Waals surface area contributed by atoms with Crippen molar-refractivity contribution in [2.24, 2.45) is 4.99 Å². The van der Waals surface area contributed by atoms with Crippen LogP contribution in [0, 0.1) is 6.92 Å². The van der Waals surface area contributed by atoms with E-state index in [4.69, 9.17) is 4.42 Å². The fourth-order valence-corrected chi connectivity index (χ4v) is 2.76. The molecule has 0 radical (unpaired) electrons. The first kappa shape index (κ1) is 18.7. The first-order chi connectivity index (χ1) is 13.2. The number of hydrogen-bond acceptors (Lipinski definition) is 3. The summed E-state index contributed by atoms with van der Waals surface area (Å²) in [5.74, 6) is 1.77. The average Bonchev–Trinajstić information content (AvgIpc) is 3.18. The molecule has 1 heterocycles. The third kappa shape index (κ3) is 5.20. The molecule has 0 bridgehead atoms. The molecule has 5 heteroatoms. The number of aromatic nitrogens is 1. The summed E-state index contributed by atoms with van der Waals surface area (Å²) in [5.41, 5.74) is 4.40. The molecule has 0 amide bonds. The number of hydrogen-bond donors (Lipinski definition) is 2. The van der Waals surface area contributed by atoms with Crippen LogP contribution >= 0.6 is 0 Å². The lowest BCUT2D eigenvalue weighted by molar-refractivity contribution is 0.572. The highest BCUT2D eigenvalue weighted by Crippen LogP contribution is 2.18. The number of rotatable bonds is 6. The summed E-state index contributed by atoms with van der Waals surface area (Å²) >= 11 is 0. The fourth-order valence-electron chi connectivity index (χ4n) is 2.76. The molecule has 1 unspecified atom stereocenters. The second kappa shape index (κ2) is 9.03. The number of guanidine groups is 1. The Morgan fingerprint density at radius 2 is 1.81 bits per heavy atom. The minimum absolute atomic E-state index is 0.390. The minimum atomic E-state index is 0.390. The molecular weight excluding hydrogens is 336 g/mol. The molecule has 3 rings (SSSR count). The van der Waals surface area contributed by atoms with Crippen LogP contribution in [0.2, 0.25) is 0 Å². The molecular formula is C22H26N4O. The van der Waals surface area contributed by atoms with E-state index in [1.807, 2.05) is 30.3 Å². The molecule has 0 saturated heterocycles. The van der Waals surface area contributed by atoms with Crippen molar-refractivity contribution < 1.29 is 4.42 Å². The van der Waals surface area contributed by atoms with Crippen LogP contribution < -0.4 is 10.6 Å². The Morgan fingerprint density at radius 3 is 2.52 bits per heavy atom. The van der Waals surface area contributed by atoms with Crippen LogP contribution in [0.3, 0.4) is 0 Å². The van der Waals surface area contributed by atoms with Crippen LogP contribution in [0.15, 0.2) is 70.3 Å². The minimum Gasteiger partial charge on any atom is -0.444 e. The summed E-state index contributed by atoms with van der Waals surface area (Å²) in [6, 6.07) is 18.5. The predicted molar refractivity (Wildman–Crippen MR) is 110 cm³/mol. The van der Waals surface area contributed by atoms with E-state index >= 15 is 0 Å². The molecule has 0 aliphatic heterocycles. The summed E-state index contributed by atoms with van der Waals surface area (Å²) in [6.07, 6.45) is 1.68. The SMILES string of the molecule is CN=C(NCc1coc(-c2ccccc2)n1)NCC(C)c1ccc(C)cc1. The van der Waals surface area contributed by atoms with E-state index in [1.54, 1.807) is 13.3 Å². The monoisotopic (exact) mass is 362 g/mol. The topological polar surface area (TPSA) is 62.5 Å². The Balaban J connectivity index is 1.51. The molecule has 0 saturated carbocycles. The first-order valence-electron chi connectivity index (χ1n) is 9.16. The van der Waals surface area contributed by atoms with E-state index in [-0.39, 0.29) is 0 Å². The Labute approximate surface area is 160 Å². The van der Waals surface area contributed by atoms with E-state index in [2.05, 4.69) is 58.7 Å². The molecule has 0 spiro atoms. The van der Waals surface area contributed by atoms with Crippen LogP contribution in [-0.4, -0.2) is 24.5 Å². The van der Waals surface area contributed by atoms with E-state index in [9.17, 15) is 0 Å². The van der Waals surface area contributed by atoms with Crippen LogP contribution in [0.4, 0.5) is 0 Å². The van der Waals surface area contributed by atoms with Gasteiger partial charge >= 0.3 is 0 Å². The smallest absolute Gasteiger partial charge is 0.226 e. The first-order valence-corrected chi connectivity index (χ1v) is 9.16. The molecule has 1 aromatic heterocycles. The summed E-state index contributed by atoms with van der Waals surface area (Å²) in [4.78, 5) is 8.81. The standard InChI is InChI=1S/C22H26N4O/c1-16-9-11-18(12-10-16)17(2)13-24-22(23-3)25-14-20-15-27-21(26-20)19-7-5-4-6-8-19/h4-12,15,17H,13-14H2,1-3H3,(H2,23,24,25). The summed E-state index contributed by atoms with van der Waals surface area (Å²) in [7, 11) is 1.77. The maximum absolute atomic E-state index is 5.57. The molecule has 27 heavy (non-hydrogen) atoms. The van der Waals surface area contributed by atoms with Crippen molar-refractivity contribution in [1.82, 2.24) is 15.6 Å². The zero-order valence-corrected chi connectivity index (χ0v) is 16.1. The largest absolute Gasteiger partial charge is 0.444 e. The van der Waals surface area contributed by atoms with Gasteiger partial charge in [0.05, 0.1) is 12.2 Å². The Morgan fingerprint density at radius 1 is 1.07 bits per heavy atom. The lowest BCUT2D eigenvalue weighted by Gasteiger charge is -2.16. The van der Waals surface area contributed by atoms with Crippen molar-refractivity contribution in [3.63, 3.8) is 0 Å². The molecule has 2 aromatic carbocycles. The van der Waals surface area contributed by atoms with Gasteiger partial charge in [-0.3, -0.25) is 4.99 Å². The van der Waals surface area contributed by atoms with E-state index < -0.39 is 0 Å². The lowest BCUT2D eigenvalue weighted by Crippen LogP contribution is -2.38. The number of benzene rings is 2. The maximum atomic E-state index is 5.57. The van der Waals surface area contributed by atoms with E-state index in [0.717, 1.165) is 23.8 Å². The van der Waals surface area contributed by atoms with Gasteiger partial charge in [0.15, 0.2) is 5.96 Å². The van der Waals surface area contributed by atoms with Crippen molar-refractivity contribution in [3.8, 4) is 11.5 Å². The molecule has 140 valence electrons. The van der Waals surface area contributed by atoms with Crippen molar-refractivity contribution in [2.75, 3.05) is 13.6 Å². The van der Waals surface area contributed by atoms with E-state index in [0.29, 0.717) is 18.4 Å². The summed E-state index contributed by atoms with van der Waals surface area (Å²) in [5, 5.41) is 6.65. The zero-order chi connectivity index (χ0) is 19.1. The highest BCUT2D eigenvalue weighted by Gasteiger charge is 2.09. The Bertz CT molecular complexity index is 869. The van der Waals surface area contributed by atoms with Gasteiger partial charge in [-0.05, 0) is 30.5 Å². The number of nitrogens with zero attached hydrogens (tertiary/aromatic N) is 2. The van der Waals surface area contributed by atoms with E-state index in [1.165, 1.54) is 11.1 Å². The third-order valence-electron chi connectivity index (χ3n) is 4.46. The van der Waals surface area contributed by atoms with Gasteiger partial charge in [0.2, 0.25) is 5.89 Å². The second-order valence-electron chi connectivity index (χ2n) is 6.63. The van der Waals surface area contributed by atoms with Crippen molar-refractivity contribution >= 4 is 5.96 Å². The average molecular weight is 362 g/mol. The van der Waals surface area contributed by atoms with Gasteiger partial charge in [-0.2, -0.15) is 0 Å². The molecule has 3 aromatic rings. The maximum Gasteiger partial charge on any atom is 0.226 e. The summed E-state index contributed by atoms with van der Waals surface area (Å²) < 4.78 is 5.57. The second-order valence-corrected chi connectivity index (χ2v) is 6.63. The molecule has 0 fully saturated rings. The Hall–Kier alpha value is -3.08. The highest BCUT2D eigenvalue weighted by atomic mass is 16.3. The zero-order valence-electron chi connectivity index (χ0n) is 16.1. The quantitative estimate of drug-likeness (QED) is 0.511. The lowest BCUT2D eigenvalue weighted by atomic mass is 10.0. The highest BCUT2D eigenvalue weighted by molar-refractivity contribution is 5.79. The van der Waals surface area contributed by atoms with Gasteiger partial charge in [0.1, 0.15) is 6.26 Å². The van der Waals surface area contributed by atoms with Crippen LogP contribution in [-0.2, 0) is 6.54 Å². The molecule has 0 aliphatic rings. The van der Waals surface area contributed by atoms with Gasteiger partial charge in [0.25, 0.3) is 0 Å². The third-order valence-corrected chi connectivity index (χ3v) is 4.46. The number of aliphatic imine (C=N–C) groups is 1. The van der Waals surface area contributed by atoms with Gasteiger partial charge in [-0.15, -0.1) is 0 Å². The normalized spacial score (nSPS) is 12.6. The van der Waals surface area contributed by atoms with Crippen LogP contribution in [0.25, 0.3) is 11.5 Å². The van der Waals surface area contributed by atoms with Crippen LogP contribution in [0.1, 0.15) is 29.7 Å². The molecule has 1 atom stereocenters. The van der Waals surface area contributed by atoms with Crippen molar-refractivity contribution in [2.45, 2.75) is 26.3 Å². The fraction of sp³-hybridized carbons (Fsp3) is 0.273.